The Morgan fingerprint density at radius 3 is 3.07 bits per heavy atom. The van der Waals surface area contributed by atoms with Gasteiger partial charge >= 0.3 is 0 Å². The fourth-order valence-corrected chi connectivity index (χ4v) is 2.78. The molecule has 2 rings (SSSR count). The van der Waals surface area contributed by atoms with Crippen LogP contribution in [0.1, 0.15) is 25.7 Å². The molecule has 1 heterocycles. The minimum absolute atomic E-state index is 0.261. The minimum atomic E-state index is -0.261. The van der Waals surface area contributed by atoms with Crippen LogP contribution in [-0.2, 0) is 9.47 Å². The van der Waals surface area contributed by atoms with Crippen LogP contribution >= 0.6 is 0 Å². The van der Waals surface area contributed by atoms with Gasteiger partial charge in [0.05, 0.1) is 6.61 Å². The Hall–Kier alpha value is -0.120. The number of hydrogen-bond donors (Lipinski definition) is 0. The number of ether oxygens (including phenoxy) is 2. The molecular formula is C11H21NO2. The van der Waals surface area contributed by atoms with Crippen molar-refractivity contribution < 1.29 is 9.47 Å². The molecule has 0 bridgehead atoms. The van der Waals surface area contributed by atoms with E-state index in [1.54, 1.807) is 7.11 Å². The van der Waals surface area contributed by atoms with E-state index in [0.29, 0.717) is 5.92 Å². The third-order valence-corrected chi connectivity index (χ3v) is 3.65. The summed E-state index contributed by atoms with van der Waals surface area (Å²) in [6.07, 6.45) is 4.89. The van der Waals surface area contributed by atoms with Crippen LogP contribution < -0.4 is 0 Å². The summed E-state index contributed by atoms with van der Waals surface area (Å²) in [6, 6.07) is 0. The van der Waals surface area contributed by atoms with Crippen molar-refractivity contribution >= 4 is 0 Å². The Labute approximate surface area is 86.4 Å². The van der Waals surface area contributed by atoms with Crippen molar-refractivity contribution in [3.05, 3.63) is 0 Å². The Bertz CT molecular complexity index is 198. The summed E-state index contributed by atoms with van der Waals surface area (Å²) < 4.78 is 11.6. The highest BCUT2D eigenvalue weighted by Crippen LogP contribution is 2.38. The number of fused-ring (bicyclic) bond motifs is 1. The maximum atomic E-state index is 5.95. The number of hydrogen-bond acceptors (Lipinski definition) is 3. The summed E-state index contributed by atoms with van der Waals surface area (Å²) in [7, 11) is 3.97. The SMILES string of the molecule is COC12CCCCC1CN(C)CCO2. The van der Waals surface area contributed by atoms with Crippen molar-refractivity contribution in [3.8, 4) is 0 Å². The standard InChI is InChI=1S/C11H21NO2/c1-12-7-8-14-11(13-2)6-4-3-5-10(11)9-12/h10H,3-9H2,1-2H3. The Morgan fingerprint density at radius 1 is 1.43 bits per heavy atom. The quantitative estimate of drug-likeness (QED) is 0.638. The molecule has 2 unspecified atom stereocenters. The van der Waals surface area contributed by atoms with Gasteiger partial charge in [-0.2, -0.15) is 0 Å². The molecule has 0 aromatic rings. The summed E-state index contributed by atoms with van der Waals surface area (Å²) in [5, 5.41) is 0. The fraction of sp³-hybridized carbons (Fsp3) is 1.00. The molecule has 14 heavy (non-hydrogen) atoms. The van der Waals surface area contributed by atoms with Crippen molar-refractivity contribution in [2.24, 2.45) is 5.92 Å². The Balaban J connectivity index is 2.13. The summed E-state index contributed by atoms with van der Waals surface area (Å²) in [5.41, 5.74) is 0. The van der Waals surface area contributed by atoms with Gasteiger partial charge in [0.2, 0.25) is 0 Å². The van der Waals surface area contributed by atoms with Crippen LogP contribution in [0.25, 0.3) is 0 Å². The third-order valence-electron chi connectivity index (χ3n) is 3.65. The minimum Gasteiger partial charge on any atom is -0.353 e. The van der Waals surface area contributed by atoms with E-state index in [9.17, 15) is 0 Å². The predicted octanol–water partition coefficient (Wildman–Crippen LogP) is 1.48. The van der Waals surface area contributed by atoms with E-state index >= 15 is 0 Å². The van der Waals surface area contributed by atoms with Crippen molar-refractivity contribution in [2.45, 2.75) is 31.5 Å². The van der Waals surface area contributed by atoms with E-state index < -0.39 is 0 Å². The van der Waals surface area contributed by atoms with Crippen LogP contribution in [0.4, 0.5) is 0 Å². The lowest BCUT2D eigenvalue weighted by atomic mass is 9.83. The van der Waals surface area contributed by atoms with Gasteiger partial charge in [0.15, 0.2) is 5.79 Å². The molecule has 82 valence electrons. The van der Waals surface area contributed by atoms with Gasteiger partial charge in [-0.25, -0.2) is 0 Å². The number of methoxy groups -OCH3 is 1. The molecule has 0 spiro atoms. The molecule has 1 aliphatic heterocycles. The van der Waals surface area contributed by atoms with Crippen LogP contribution in [0.3, 0.4) is 0 Å². The normalized spacial score (nSPS) is 40.3. The van der Waals surface area contributed by atoms with Crippen molar-refractivity contribution in [3.63, 3.8) is 0 Å². The monoisotopic (exact) mass is 199 g/mol. The summed E-state index contributed by atoms with van der Waals surface area (Å²) >= 11 is 0. The lowest BCUT2D eigenvalue weighted by Crippen LogP contribution is -2.46. The predicted molar refractivity (Wildman–Crippen MR) is 55.1 cm³/mol. The summed E-state index contributed by atoms with van der Waals surface area (Å²) in [6.45, 7) is 2.95. The molecule has 2 fully saturated rings. The zero-order valence-electron chi connectivity index (χ0n) is 9.29. The number of rotatable bonds is 1. The first-order valence-corrected chi connectivity index (χ1v) is 5.64. The molecule has 1 saturated heterocycles. The van der Waals surface area contributed by atoms with Crippen molar-refractivity contribution in [1.29, 1.82) is 0 Å². The molecule has 0 aromatic heterocycles. The van der Waals surface area contributed by atoms with E-state index in [2.05, 4.69) is 11.9 Å². The van der Waals surface area contributed by atoms with Crippen LogP contribution in [0.5, 0.6) is 0 Å². The van der Waals surface area contributed by atoms with E-state index in [0.717, 1.165) is 26.1 Å². The maximum Gasteiger partial charge on any atom is 0.171 e. The molecule has 1 aliphatic carbocycles. The highest BCUT2D eigenvalue weighted by atomic mass is 16.7. The van der Waals surface area contributed by atoms with Crippen molar-refractivity contribution in [2.75, 3.05) is 33.9 Å². The van der Waals surface area contributed by atoms with Crippen molar-refractivity contribution in [1.82, 2.24) is 4.90 Å². The van der Waals surface area contributed by atoms with Gasteiger partial charge < -0.3 is 14.4 Å². The molecule has 2 aliphatic rings. The lowest BCUT2D eigenvalue weighted by Gasteiger charge is -2.41. The summed E-state index contributed by atoms with van der Waals surface area (Å²) in [4.78, 5) is 2.36. The molecule has 0 amide bonds. The second kappa shape index (κ2) is 4.17. The number of likely N-dealkylation sites (N-methyl/N-ethyl adjacent to an activating group) is 1. The van der Waals surface area contributed by atoms with Gasteiger partial charge in [0.25, 0.3) is 0 Å². The molecule has 0 N–H and O–H groups in total. The van der Waals surface area contributed by atoms with Crippen LogP contribution in [0.15, 0.2) is 0 Å². The van der Waals surface area contributed by atoms with Gasteiger partial charge in [0, 0.05) is 32.5 Å². The van der Waals surface area contributed by atoms with Crippen LogP contribution in [0, 0.1) is 5.92 Å². The Kier molecular flexibility index (Phi) is 3.10. The number of nitrogens with zero attached hydrogens (tertiary/aromatic N) is 1. The first-order chi connectivity index (χ1) is 6.77. The molecule has 2 atom stereocenters. The first-order valence-electron chi connectivity index (χ1n) is 5.64. The molecule has 3 nitrogen and oxygen atoms in total. The average molecular weight is 199 g/mol. The molecule has 0 radical (unpaired) electrons. The second-order valence-corrected chi connectivity index (χ2v) is 4.57. The molecule has 1 saturated carbocycles. The zero-order valence-corrected chi connectivity index (χ0v) is 9.29. The van der Waals surface area contributed by atoms with Gasteiger partial charge in [-0.05, 0) is 19.9 Å². The largest absolute Gasteiger partial charge is 0.353 e. The second-order valence-electron chi connectivity index (χ2n) is 4.57. The highest BCUT2D eigenvalue weighted by molar-refractivity contribution is 4.87. The van der Waals surface area contributed by atoms with Gasteiger partial charge in [-0.15, -0.1) is 0 Å². The fourth-order valence-electron chi connectivity index (χ4n) is 2.78. The highest BCUT2D eigenvalue weighted by Gasteiger charge is 2.43. The van der Waals surface area contributed by atoms with Crippen LogP contribution in [-0.4, -0.2) is 44.5 Å². The van der Waals surface area contributed by atoms with Gasteiger partial charge in [0.1, 0.15) is 0 Å². The third kappa shape index (κ3) is 1.81. The van der Waals surface area contributed by atoms with E-state index in [4.69, 9.17) is 9.47 Å². The molecule has 0 aromatic carbocycles. The van der Waals surface area contributed by atoms with Gasteiger partial charge in [-0.3, -0.25) is 0 Å². The Morgan fingerprint density at radius 2 is 2.29 bits per heavy atom. The van der Waals surface area contributed by atoms with Gasteiger partial charge in [-0.1, -0.05) is 6.42 Å². The maximum absolute atomic E-state index is 5.95. The summed E-state index contributed by atoms with van der Waals surface area (Å²) in [5.74, 6) is 0.303. The van der Waals surface area contributed by atoms with E-state index in [1.165, 1.54) is 19.3 Å². The average Bonchev–Trinajstić information content (AvgIpc) is 2.36. The topological polar surface area (TPSA) is 21.7 Å². The first kappa shape index (κ1) is 10.4. The zero-order chi connectivity index (χ0) is 10.0. The van der Waals surface area contributed by atoms with E-state index in [-0.39, 0.29) is 5.79 Å². The van der Waals surface area contributed by atoms with Crippen LogP contribution in [0.2, 0.25) is 0 Å². The van der Waals surface area contributed by atoms with E-state index in [1.807, 2.05) is 0 Å². The smallest absolute Gasteiger partial charge is 0.171 e. The molecular weight excluding hydrogens is 178 g/mol. The lowest BCUT2D eigenvalue weighted by molar-refractivity contribution is -0.259. The molecule has 3 heteroatoms.